The standard InChI is InChI=1S/C23H24Cl2N8O4S/c1-36-17-10-16-14(9-18(17)37-23(26)20-15(24)12-28-31-22(20)25)21(30-29-16)13-3-4-19(27-11-13)32-5-7-33(8-6-32)38(2,34)35/h3-4,9-12,23H,5-8,26H2,1-2H3,(H,29,30)/t23-/m0/s1. The maximum atomic E-state index is 11.8. The number of anilines is 1. The number of ether oxygens (including phenoxy) is 2. The Bertz CT molecular complexity index is 1550. The van der Waals surface area contributed by atoms with Crippen LogP contribution >= 0.6 is 23.2 Å². The molecule has 15 heteroatoms. The number of benzene rings is 1. The number of nitrogens with one attached hydrogen (secondary N) is 1. The van der Waals surface area contributed by atoms with Gasteiger partial charge in [-0.15, -0.1) is 5.10 Å². The van der Waals surface area contributed by atoms with Gasteiger partial charge in [-0.2, -0.15) is 14.5 Å². The van der Waals surface area contributed by atoms with Crippen LogP contribution in [-0.2, 0) is 10.0 Å². The van der Waals surface area contributed by atoms with E-state index in [-0.39, 0.29) is 10.2 Å². The van der Waals surface area contributed by atoms with Gasteiger partial charge in [0.1, 0.15) is 11.5 Å². The zero-order chi connectivity index (χ0) is 27.0. The van der Waals surface area contributed by atoms with Gasteiger partial charge in [0.15, 0.2) is 22.9 Å². The van der Waals surface area contributed by atoms with Crippen LogP contribution in [0.3, 0.4) is 0 Å². The molecule has 1 atom stereocenters. The number of rotatable bonds is 7. The summed E-state index contributed by atoms with van der Waals surface area (Å²) in [6, 6.07) is 7.33. The summed E-state index contributed by atoms with van der Waals surface area (Å²) < 4.78 is 36.5. The summed E-state index contributed by atoms with van der Waals surface area (Å²) in [6.07, 6.45) is 3.26. The average molecular weight is 579 g/mol. The smallest absolute Gasteiger partial charge is 0.211 e. The van der Waals surface area contributed by atoms with E-state index in [0.29, 0.717) is 48.9 Å². The molecule has 12 nitrogen and oxygen atoms in total. The number of hydrogen-bond acceptors (Lipinski definition) is 10. The Morgan fingerprint density at radius 2 is 1.87 bits per heavy atom. The van der Waals surface area contributed by atoms with Gasteiger partial charge in [-0.05, 0) is 18.2 Å². The molecule has 4 heterocycles. The van der Waals surface area contributed by atoms with Crippen LogP contribution in [0.4, 0.5) is 5.82 Å². The van der Waals surface area contributed by atoms with Crippen LogP contribution in [0, 0.1) is 0 Å². The van der Waals surface area contributed by atoms with Gasteiger partial charge in [-0.1, -0.05) is 23.2 Å². The molecular weight excluding hydrogens is 555 g/mol. The van der Waals surface area contributed by atoms with Crippen molar-refractivity contribution in [3.63, 3.8) is 0 Å². The number of aromatic amines is 1. The molecule has 1 aromatic carbocycles. The van der Waals surface area contributed by atoms with Crippen molar-refractivity contribution in [3.05, 3.63) is 52.4 Å². The minimum atomic E-state index is -3.20. The van der Waals surface area contributed by atoms with Gasteiger partial charge in [0.05, 0.1) is 35.7 Å². The van der Waals surface area contributed by atoms with Gasteiger partial charge in [0.2, 0.25) is 10.0 Å². The Kier molecular flexibility index (Phi) is 7.29. The fraction of sp³-hybridized carbons (Fsp3) is 0.304. The largest absolute Gasteiger partial charge is 0.493 e. The molecule has 0 aliphatic carbocycles. The van der Waals surface area contributed by atoms with Crippen LogP contribution in [0.15, 0.2) is 36.7 Å². The third-order valence-corrected chi connectivity index (χ3v) is 8.12. The van der Waals surface area contributed by atoms with Crippen LogP contribution in [0.2, 0.25) is 10.2 Å². The second-order valence-corrected chi connectivity index (χ2v) is 11.4. The third kappa shape index (κ3) is 5.20. The summed E-state index contributed by atoms with van der Waals surface area (Å²) in [6.45, 7) is 1.97. The molecule has 3 N–H and O–H groups in total. The topological polar surface area (TPSA) is 152 Å². The summed E-state index contributed by atoms with van der Waals surface area (Å²) in [5.41, 5.74) is 8.71. The van der Waals surface area contributed by atoms with E-state index >= 15 is 0 Å². The minimum absolute atomic E-state index is 0.0398. The van der Waals surface area contributed by atoms with Crippen molar-refractivity contribution in [1.82, 2.24) is 29.7 Å². The first-order valence-corrected chi connectivity index (χ1v) is 14.1. The number of pyridine rings is 1. The van der Waals surface area contributed by atoms with E-state index in [0.717, 1.165) is 22.3 Å². The summed E-state index contributed by atoms with van der Waals surface area (Å²) >= 11 is 12.3. The number of H-pyrrole nitrogens is 1. The predicted octanol–water partition coefficient (Wildman–Crippen LogP) is 2.85. The molecule has 0 bridgehead atoms. The number of piperazine rings is 1. The Labute approximate surface area is 228 Å². The maximum absolute atomic E-state index is 11.8. The van der Waals surface area contributed by atoms with Crippen molar-refractivity contribution in [3.8, 4) is 22.8 Å². The Hall–Kier alpha value is -3.23. The number of hydrogen-bond donors (Lipinski definition) is 2. The number of aromatic nitrogens is 5. The molecule has 38 heavy (non-hydrogen) atoms. The molecule has 1 aliphatic rings. The molecule has 0 spiro atoms. The van der Waals surface area contributed by atoms with Gasteiger partial charge in [-0.3, -0.25) is 10.8 Å². The second kappa shape index (κ2) is 10.5. The fourth-order valence-corrected chi connectivity index (χ4v) is 5.63. The van der Waals surface area contributed by atoms with Crippen LogP contribution < -0.4 is 20.1 Å². The molecule has 4 aromatic rings. The summed E-state index contributed by atoms with van der Waals surface area (Å²) in [4.78, 5) is 6.65. The van der Waals surface area contributed by atoms with Crippen LogP contribution in [0.25, 0.3) is 22.2 Å². The van der Waals surface area contributed by atoms with E-state index in [1.54, 1.807) is 18.3 Å². The monoisotopic (exact) mass is 578 g/mol. The van der Waals surface area contributed by atoms with Crippen LogP contribution in [0.1, 0.15) is 11.8 Å². The van der Waals surface area contributed by atoms with Crippen molar-refractivity contribution >= 4 is 49.9 Å². The number of fused-ring (bicyclic) bond motifs is 1. The lowest BCUT2D eigenvalue weighted by atomic mass is 10.1. The van der Waals surface area contributed by atoms with Gasteiger partial charge in [0, 0.05) is 49.4 Å². The molecule has 1 saturated heterocycles. The lowest BCUT2D eigenvalue weighted by Gasteiger charge is -2.33. The lowest BCUT2D eigenvalue weighted by Crippen LogP contribution is -2.48. The number of nitrogens with zero attached hydrogens (tertiary/aromatic N) is 6. The van der Waals surface area contributed by atoms with Crippen molar-refractivity contribution < 1.29 is 17.9 Å². The van der Waals surface area contributed by atoms with Crippen molar-refractivity contribution in [1.29, 1.82) is 0 Å². The normalized spacial score (nSPS) is 15.6. The van der Waals surface area contributed by atoms with Gasteiger partial charge < -0.3 is 14.4 Å². The first-order chi connectivity index (χ1) is 18.2. The van der Waals surface area contributed by atoms with Crippen LogP contribution in [-0.4, -0.2) is 77.6 Å². The maximum Gasteiger partial charge on any atom is 0.211 e. The molecule has 5 rings (SSSR count). The molecule has 3 aromatic heterocycles. The zero-order valence-corrected chi connectivity index (χ0v) is 22.8. The average Bonchev–Trinajstić information content (AvgIpc) is 3.30. The van der Waals surface area contributed by atoms with Gasteiger partial charge >= 0.3 is 0 Å². The zero-order valence-electron chi connectivity index (χ0n) is 20.4. The Balaban J connectivity index is 1.41. The molecular formula is C23H24Cl2N8O4S. The first kappa shape index (κ1) is 26.4. The molecule has 1 aliphatic heterocycles. The van der Waals surface area contributed by atoms with Crippen LogP contribution in [0.5, 0.6) is 11.5 Å². The van der Waals surface area contributed by atoms with Gasteiger partial charge in [0.25, 0.3) is 0 Å². The van der Waals surface area contributed by atoms with Gasteiger partial charge in [-0.25, -0.2) is 13.4 Å². The van der Waals surface area contributed by atoms with E-state index in [2.05, 4.69) is 30.3 Å². The number of nitrogens with two attached hydrogens (primary N) is 1. The van der Waals surface area contributed by atoms with E-state index in [4.69, 9.17) is 38.4 Å². The SMILES string of the molecule is COc1cc2[nH]nc(-c3ccc(N4CCN(S(C)(=O)=O)CC4)nc3)c2cc1O[C@H](N)c1c(Cl)cnnc1Cl. The fourth-order valence-electron chi connectivity index (χ4n) is 4.26. The van der Waals surface area contributed by atoms with E-state index in [1.807, 2.05) is 12.1 Å². The first-order valence-electron chi connectivity index (χ1n) is 11.5. The van der Waals surface area contributed by atoms with E-state index in [1.165, 1.54) is 23.9 Å². The summed E-state index contributed by atoms with van der Waals surface area (Å²) in [7, 11) is -1.68. The minimum Gasteiger partial charge on any atom is -0.493 e. The van der Waals surface area contributed by atoms with Crippen molar-refractivity contribution in [2.24, 2.45) is 5.73 Å². The second-order valence-electron chi connectivity index (χ2n) is 8.61. The quantitative estimate of drug-likeness (QED) is 0.313. The highest BCUT2D eigenvalue weighted by Gasteiger charge is 2.25. The summed E-state index contributed by atoms with van der Waals surface area (Å²) in [5, 5.41) is 16.0. The molecule has 0 amide bonds. The molecule has 200 valence electrons. The highest BCUT2D eigenvalue weighted by atomic mass is 35.5. The number of sulfonamides is 1. The number of halogens is 2. The highest BCUT2D eigenvalue weighted by molar-refractivity contribution is 7.88. The molecule has 0 saturated carbocycles. The molecule has 1 fully saturated rings. The molecule has 0 radical (unpaired) electrons. The van der Waals surface area contributed by atoms with Crippen molar-refractivity contribution in [2.45, 2.75) is 6.23 Å². The third-order valence-electron chi connectivity index (χ3n) is 6.23. The van der Waals surface area contributed by atoms with E-state index in [9.17, 15) is 8.42 Å². The predicted molar refractivity (Wildman–Crippen MR) is 144 cm³/mol. The Morgan fingerprint density at radius 1 is 1.11 bits per heavy atom. The highest BCUT2D eigenvalue weighted by Crippen LogP contribution is 2.38. The van der Waals surface area contributed by atoms with Crippen molar-refractivity contribution in [2.75, 3.05) is 44.4 Å². The number of methoxy groups -OCH3 is 1. The Morgan fingerprint density at radius 3 is 2.50 bits per heavy atom. The lowest BCUT2D eigenvalue weighted by molar-refractivity contribution is 0.204. The molecule has 0 unspecified atom stereocenters. The van der Waals surface area contributed by atoms with E-state index < -0.39 is 16.3 Å². The summed E-state index contributed by atoms with van der Waals surface area (Å²) in [5.74, 6) is 1.55.